The second-order valence-corrected chi connectivity index (χ2v) is 24.5. The summed E-state index contributed by atoms with van der Waals surface area (Å²) in [7, 11) is 0. The molecular formula is C88H56N6. The Hall–Kier alpha value is -12.6. The third-order valence-electron chi connectivity index (χ3n) is 19.2. The molecule has 94 heavy (non-hydrogen) atoms. The van der Waals surface area contributed by atoms with Gasteiger partial charge in [0.1, 0.15) is 0 Å². The maximum absolute atomic E-state index is 5.61. The van der Waals surface area contributed by atoms with Crippen LogP contribution >= 0.6 is 0 Å². The average Bonchev–Trinajstić information content (AvgIpc) is 1.59. The molecule has 14 aromatic carbocycles. The Kier molecular flexibility index (Phi) is 12.2. The van der Waals surface area contributed by atoms with Crippen molar-refractivity contribution in [1.82, 2.24) is 28.2 Å². The lowest BCUT2D eigenvalue weighted by Crippen LogP contribution is -2.00. The van der Waals surface area contributed by atoms with Crippen molar-refractivity contribution in [1.29, 1.82) is 0 Å². The van der Waals surface area contributed by atoms with Crippen LogP contribution in [0.25, 0.3) is 177 Å². The number of rotatable bonds is 10. The van der Waals surface area contributed by atoms with Gasteiger partial charge >= 0.3 is 0 Å². The van der Waals surface area contributed by atoms with Crippen molar-refractivity contribution in [3.8, 4) is 90.0 Å². The fourth-order valence-corrected chi connectivity index (χ4v) is 14.9. The highest BCUT2D eigenvalue weighted by Gasteiger charge is 2.22. The molecule has 19 rings (SSSR count). The molecule has 0 saturated heterocycles. The Bertz CT molecular complexity index is 5890. The highest BCUT2D eigenvalue weighted by atomic mass is 15.0. The van der Waals surface area contributed by atoms with Crippen LogP contribution < -0.4 is 0 Å². The number of fused-ring (bicyclic) bond motifs is 12. The first-order valence-electron chi connectivity index (χ1n) is 32.1. The van der Waals surface area contributed by atoms with Gasteiger partial charge in [0.15, 0.2) is 5.82 Å². The smallest absolute Gasteiger partial charge is 0.160 e. The van der Waals surface area contributed by atoms with Crippen molar-refractivity contribution in [2.45, 2.75) is 0 Å². The van der Waals surface area contributed by atoms with Gasteiger partial charge in [-0.2, -0.15) is 0 Å². The molecule has 0 saturated carbocycles. The second kappa shape index (κ2) is 21.5. The Labute approximate surface area is 542 Å². The lowest BCUT2D eigenvalue weighted by molar-refractivity contribution is 1.15. The molecule has 5 aromatic heterocycles. The summed E-state index contributed by atoms with van der Waals surface area (Å²) in [5.74, 6) is 0.636. The van der Waals surface area contributed by atoms with Crippen LogP contribution in [0.4, 0.5) is 0 Å². The van der Waals surface area contributed by atoms with E-state index >= 15 is 0 Å². The predicted molar refractivity (Wildman–Crippen MR) is 392 cm³/mol. The summed E-state index contributed by atoms with van der Waals surface area (Å²) < 4.78 is 9.59. The van der Waals surface area contributed by atoms with E-state index < -0.39 is 0 Å². The molecule has 0 atom stereocenters. The van der Waals surface area contributed by atoms with E-state index in [1.165, 1.54) is 65.2 Å². The van der Waals surface area contributed by atoms with E-state index in [1.807, 2.05) is 0 Å². The summed E-state index contributed by atoms with van der Waals surface area (Å²) in [6, 6.07) is 123. The molecule has 0 radical (unpaired) electrons. The van der Waals surface area contributed by atoms with Crippen LogP contribution in [0.5, 0.6) is 0 Å². The Morgan fingerprint density at radius 2 is 0.511 bits per heavy atom. The van der Waals surface area contributed by atoms with Crippen LogP contribution in [0.2, 0.25) is 0 Å². The van der Waals surface area contributed by atoms with Crippen LogP contribution in [-0.4, -0.2) is 28.2 Å². The normalized spacial score (nSPS) is 11.8. The maximum Gasteiger partial charge on any atom is 0.160 e. The second-order valence-electron chi connectivity index (χ2n) is 24.5. The summed E-state index contributed by atoms with van der Waals surface area (Å²) in [6.45, 7) is 0. The summed E-state index contributed by atoms with van der Waals surface area (Å²) in [4.78, 5) is 11.2. The predicted octanol–water partition coefficient (Wildman–Crippen LogP) is 22.9. The molecule has 19 aromatic rings. The average molecular weight is 1200 g/mol. The molecule has 0 unspecified atom stereocenters. The molecule has 0 aliphatic rings. The van der Waals surface area contributed by atoms with Crippen LogP contribution in [-0.2, 0) is 0 Å². The summed E-state index contributed by atoms with van der Waals surface area (Å²) in [6.07, 6.45) is 0. The van der Waals surface area contributed by atoms with Crippen molar-refractivity contribution >= 4 is 87.2 Å². The van der Waals surface area contributed by atoms with Crippen LogP contribution in [0, 0.1) is 0 Å². The van der Waals surface area contributed by atoms with Gasteiger partial charge in [0.05, 0.1) is 55.5 Å². The van der Waals surface area contributed by atoms with E-state index in [-0.39, 0.29) is 0 Å². The highest BCUT2D eigenvalue weighted by molar-refractivity contribution is 6.15. The first-order chi connectivity index (χ1) is 46.6. The molecule has 0 fully saturated rings. The SMILES string of the molecule is c1ccc(-c2ccccc2-c2cc(-c3cccc(-n4c5ccccc5c5ccc(-c6ccc7c(c6)c6ccccc6n7-c6ccccc6)cc54)c3)nc(-c3cccc(-n4c5ccccc5c5ccc(-c6ccc7c(c6)c6ccccc6n7-c6ccccc6)cc54)c3)n2)cc1. The summed E-state index contributed by atoms with van der Waals surface area (Å²) in [5, 5.41) is 9.68. The number of aromatic nitrogens is 6. The number of para-hydroxylation sites is 6. The van der Waals surface area contributed by atoms with Gasteiger partial charge in [-0.3, -0.25) is 0 Å². The zero-order chi connectivity index (χ0) is 61.8. The molecule has 0 N–H and O–H groups in total. The maximum atomic E-state index is 5.61. The summed E-state index contributed by atoms with van der Waals surface area (Å²) >= 11 is 0. The van der Waals surface area contributed by atoms with Gasteiger partial charge < -0.3 is 18.3 Å². The van der Waals surface area contributed by atoms with E-state index in [4.69, 9.17) is 9.97 Å². The molecule has 6 heteroatoms. The lowest BCUT2D eigenvalue weighted by Gasteiger charge is -2.15. The van der Waals surface area contributed by atoms with Crippen molar-refractivity contribution in [2.24, 2.45) is 0 Å². The third-order valence-corrected chi connectivity index (χ3v) is 19.2. The first-order valence-corrected chi connectivity index (χ1v) is 32.1. The number of nitrogens with zero attached hydrogens (tertiary/aromatic N) is 6. The van der Waals surface area contributed by atoms with Gasteiger partial charge in [-0.1, -0.05) is 224 Å². The minimum absolute atomic E-state index is 0.636. The van der Waals surface area contributed by atoms with Crippen molar-refractivity contribution < 1.29 is 0 Å². The van der Waals surface area contributed by atoms with E-state index in [2.05, 4.69) is 358 Å². The molecular weight excluding hydrogens is 1140 g/mol. The molecule has 438 valence electrons. The molecule has 6 nitrogen and oxygen atoms in total. The van der Waals surface area contributed by atoms with Crippen molar-refractivity contribution in [3.05, 3.63) is 340 Å². The van der Waals surface area contributed by atoms with E-state index in [0.717, 1.165) is 106 Å². The quantitative estimate of drug-likeness (QED) is 0.137. The molecule has 0 aliphatic heterocycles. The monoisotopic (exact) mass is 1200 g/mol. The van der Waals surface area contributed by atoms with Gasteiger partial charge in [-0.15, -0.1) is 0 Å². The Morgan fingerprint density at radius 1 is 0.170 bits per heavy atom. The topological polar surface area (TPSA) is 45.5 Å². The number of benzene rings is 14. The zero-order valence-corrected chi connectivity index (χ0v) is 51.0. The minimum Gasteiger partial charge on any atom is -0.309 e. The Morgan fingerprint density at radius 3 is 1.02 bits per heavy atom. The van der Waals surface area contributed by atoms with E-state index in [1.54, 1.807) is 0 Å². The molecule has 0 bridgehead atoms. The van der Waals surface area contributed by atoms with E-state index in [9.17, 15) is 0 Å². The Balaban J connectivity index is 0.752. The molecule has 5 heterocycles. The molecule has 0 amide bonds. The standard InChI is InChI=1S/C88H56N6/c1-4-22-57(23-5-1)68-32-10-11-33-69(68)79-56-78(62-24-20-30-66(50-62)93-80-38-16-12-34-70(80)74-46-42-60(54-86(74)93)58-44-48-84-76(52-58)72-36-14-18-40-82(72)91(84)64-26-6-2-7-27-64)89-88(90-79)63-25-21-31-67(51-63)94-81-39-17-13-35-71(81)75-47-43-61(55-87(75)94)59-45-49-85-77(53-59)73-37-15-19-41-83(73)92(85)65-28-8-3-9-29-65/h1-56H. The van der Waals surface area contributed by atoms with Crippen molar-refractivity contribution in [3.63, 3.8) is 0 Å². The highest BCUT2D eigenvalue weighted by Crippen LogP contribution is 2.43. The molecule has 0 spiro atoms. The zero-order valence-electron chi connectivity index (χ0n) is 51.0. The van der Waals surface area contributed by atoms with Gasteiger partial charge in [0, 0.05) is 82.5 Å². The first kappa shape index (κ1) is 53.2. The lowest BCUT2D eigenvalue weighted by atomic mass is 9.96. The molecule has 0 aliphatic carbocycles. The van der Waals surface area contributed by atoms with Gasteiger partial charge in [-0.05, 0) is 149 Å². The number of hydrogen-bond acceptors (Lipinski definition) is 2. The summed E-state index contributed by atoms with van der Waals surface area (Å²) in [5.41, 5.74) is 25.1. The van der Waals surface area contributed by atoms with Gasteiger partial charge in [0.2, 0.25) is 0 Å². The van der Waals surface area contributed by atoms with Crippen molar-refractivity contribution in [2.75, 3.05) is 0 Å². The van der Waals surface area contributed by atoms with Crippen LogP contribution in [0.3, 0.4) is 0 Å². The van der Waals surface area contributed by atoms with Gasteiger partial charge in [-0.25, -0.2) is 9.97 Å². The number of hydrogen-bond donors (Lipinski definition) is 0. The fraction of sp³-hybridized carbons (Fsp3) is 0. The fourth-order valence-electron chi connectivity index (χ4n) is 14.9. The van der Waals surface area contributed by atoms with E-state index in [0.29, 0.717) is 5.82 Å². The third kappa shape index (κ3) is 8.58. The van der Waals surface area contributed by atoms with Crippen LogP contribution in [0.1, 0.15) is 0 Å². The largest absolute Gasteiger partial charge is 0.309 e. The minimum atomic E-state index is 0.636. The van der Waals surface area contributed by atoms with Crippen LogP contribution in [0.15, 0.2) is 340 Å². The van der Waals surface area contributed by atoms with Gasteiger partial charge in [0.25, 0.3) is 0 Å².